The Hall–Kier alpha value is -2.73. The van der Waals surface area contributed by atoms with Gasteiger partial charge in [-0.25, -0.2) is 4.79 Å². The number of para-hydroxylation sites is 1. The maximum Gasteiger partial charge on any atom is 0.315 e. The van der Waals surface area contributed by atoms with Gasteiger partial charge in [0, 0.05) is 5.39 Å². The van der Waals surface area contributed by atoms with E-state index in [1.165, 1.54) is 6.26 Å². The molecule has 1 fully saturated rings. The zero-order valence-electron chi connectivity index (χ0n) is 13.6. The molecule has 25 heavy (non-hydrogen) atoms. The fraction of sp³-hybridized carbons (Fsp3) is 0.316. The largest absolute Gasteiger partial charge is 0.467 e. The van der Waals surface area contributed by atoms with Crippen LogP contribution in [0.5, 0.6) is 0 Å². The second-order valence-corrected chi connectivity index (χ2v) is 6.39. The SMILES string of the molecule is O=C(NC[C@@H](O)c1ccco1)N[C@H](c1cc2ccccc2o1)C1CC1. The Labute approximate surface area is 144 Å². The molecule has 2 heterocycles. The van der Waals surface area contributed by atoms with Crippen molar-refractivity contribution in [3.63, 3.8) is 0 Å². The molecule has 1 aliphatic rings. The predicted molar refractivity (Wildman–Crippen MR) is 91.9 cm³/mol. The normalized spacial score (nSPS) is 16.5. The van der Waals surface area contributed by atoms with Gasteiger partial charge in [0.2, 0.25) is 0 Å². The van der Waals surface area contributed by atoms with Gasteiger partial charge >= 0.3 is 6.03 Å². The Morgan fingerprint density at radius 2 is 2.04 bits per heavy atom. The van der Waals surface area contributed by atoms with Crippen molar-refractivity contribution in [2.75, 3.05) is 6.54 Å². The lowest BCUT2D eigenvalue weighted by atomic mass is 10.1. The third-order valence-electron chi connectivity index (χ3n) is 4.46. The Morgan fingerprint density at radius 1 is 1.20 bits per heavy atom. The van der Waals surface area contributed by atoms with Crippen LogP contribution in [0.2, 0.25) is 0 Å². The summed E-state index contributed by atoms with van der Waals surface area (Å²) in [4.78, 5) is 12.2. The molecule has 6 heteroatoms. The van der Waals surface area contributed by atoms with Crippen molar-refractivity contribution in [3.8, 4) is 0 Å². The maximum atomic E-state index is 12.2. The molecular formula is C19H20N2O4. The molecule has 0 radical (unpaired) electrons. The molecule has 1 aromatic carbocycles. The monoisotopic (exact) mass is 340 g/mol. The first kappa shape index (κ1) is 15.8. The average Bonchev–Trinajstić information content (AvgIpc) is 3.14. The third-order valence-corrected chi connectivity index (χ3v) is 4.46. The van der Waals surface area contributed by atoms with Gasteiger partial charge in [-0.05, 0) is 43.0 Å². The van der Waals surface area contributed by atoms with Gasteiger partial charge in [0.15, 0.2) is 0 Å². The van der Waals surface area contributed by atoms with Crippen LogP contribution in [0.4, 0.5) is 4.79 Å². The van der Waals surface area contributed by atoms with Crippen LogP contribution in [0, 0.1) is 5.92 Å². The van der Waals surface area contributed by atoms with Gasteiger partial charge in [0.1, 0.15) is 23.2 Å². The molecule has 130 valence electrons. The van der Waals surface area contributed by atoms with E-state index in [1.807, 2.05) is 30.3 Å². The van der Waals surface area contributed by atoms with Crippen LogP contribution in [0.15, 0.2) is 57.6 Å². The number of carbonyl (C=O) groups excluding carboxylic acids is 1. The minimum atomic E-state index is -0.869. The Balaban J connectivity index is 1.40. The quantitative estimate of drug-likeness (QED) is 0.641. The number of nitrogens with one attached hydrogen (secondary N) is 2. The second kappa shape index (κ2) is 6.64. The van der Waals surface area contributed by atoms with Crippen LogP contribution < -0.4 is 10.6 Å². The smallest absolute Gasteiger partial charge is 0.315 e. The van der Waals surface area contributed by atoms with Gasteiger partial charge in [-0.2, -0.15) is 0 Å². The number of urea groups is 1. The van der Waals surface area contributed by atoms with E-state index >= 15 is 0 Å². The van der Waals surface area contributed by atoms with E-state index in [4.69, 9.17) is 8.83 Å². The Kier molecular flexibility index (Phi) is 4.19. The van der Waals surface area contributed by atoms with E-state index in [0.717, 1.165) is 29.6 Å². The first-order valence-corrected chi connectivity index (χ1v) is 8.45. The van der Waals surface area contributed by atoms with Crippen molar-refractivity contribution < 1.29 is 18.7 Å². The van der Waals surface area contributed by atoms with Crippen molar-refractivity contribution in [2.24, 2.45) is 5.92 Å². The van der Waals surface area contributed by atoms with Crippen LogP contribution in [0.25, 0.3) is 11.0 Å². The summed E-state index contributed by atoms with van der Waals surface area (Å²) in [6.45, 7) is 0.0802. The number of rotatable bonds is 6. The van der Waals surface area contributed by atoms with Crippen molar-refractivity contribution >= 4 is 17.0 Å². The Morgan fingerprint density at radius 3 is 2.76 bits per heavy atom. The molecule has 0 aliphatic heterocycles. The average molecular weight is 340 g/mol. The Bertz CT molecular complexity index is 818. The number of aliphatic hydroxyl groups is 1. The zero-order valence-corrected chi connectivity index (χ0v) is 13.6. The van der Waals surface area contributed by atoms with Gasteiger partial charge in [-0.1, -0.05) is 18.2 Å². The number of fused-ring (bicyclic) bond motifs is 1. The molecule has 0 spiro atoms. The molecule has 2 amide bonds. The fourth-order valence-corrected chi connectivity index (χ4v) is 2.97. The highest BCUT2D eigenvalue weighted by Gasteiger charge is 2.35. The molecule has 0 unspecified atom stereocenters. The molecule has 6 nitrogen and oxygen atoms in total. The minimum absolute atomic E-state index is 0.0802. The van der Waals surface area contributed by atoms with Crippen molar-refractivity contribution in [2.45, 2.75) is 25.0 Å². The molecule has 3 N–H and O–H groups in total. The number of aliphatic hydroxyl groups excluding tert-OH is 1. The molecule has 0 saturated heterocycles. The molecule has 1 saturated carbocycles. The van der Waals surface area contributed by atoms with E-state index in [9.17, 15) is 9.90 Å². The molecule has 4 rings (SSSR count). The van der Waals surface area contributed by atoms with Gasteiger partial charge in [-0.3, -0.25) is 0 Å². The number of furan rings is 2. The van der Waals surface area contributed by atoms with Crippen LogP contribution in [0.3, 0.4) is 0 Å². The predicted octanol–water partition coefficient (Wildman–Crippen LogP) is 3.51. The van der Waals surface area contributed by atoms with Crippen molar-refractivity contribution in [3.05, 3.63) is 60.2 Å². The summed E-state index contributed by atoms with van der Waals surface area (Å²) in [7, 11) is 0. The maximum absolute atomic E-state index is 12.2. The standard InChI is InChI=1S/C19H20N2O4/c22-14(16-6-3-9-24-16)11-20-19(23)21-18(12-7-8-12)17-10-13-4-1-2-5-15(13)25-17/h1-6,9-10,12,14,18,22H,7-8,11H2,(H2,20,21,23)/t14-,18+/m1/s1. The summed E-state index contributed by atoms with van der Waals surface area (Å²) in [6, 6.07) is 12.7. The number of amides is 2. The summed E-state index contributed by atoms with van der Waals surface area (Å²) in [6.07, 6.45) is 2.75. The molecule has 2 atom stereocenters. The number of hydrogen-bond acceptors (Lipinski definition) is 4. The van der Waals surface area contributed by atoms with Gasteiger partial charge in [0.25, 0.3) is 0 Å². The van der Waals surface area contributed by atoms with Gasteiger partial charge in [-0.15, -0.1) is 0 Å². The van der Waals surface area contributed by atoms with E-state index in [0.29, 0.717) is 11.7 Å². The van der Waals surface area contributed by atoms with E-state index < -0.39 is 6.10 Å². The van der Waals surface area contributed by atoms with Crippen LogP contribution in [-0.2, 0) is 0 Å². The first-order valence-electron chi connectivity index (χ1n) is 8.45. The molecule has 0 bridgehead atoms. The summed E-state index contributed by atoms with van der Waals surface area (Å²) in [5.74, 6) is 1.59. The molecule has 1 aliphatic carbocycles. The van der Waals surface area contributed by atoms with E-state index in [2.05, 4.69) is 10.6 Å². The van der Waals surface area contributed by atoms with Crippen LogP contribution >= 0.6 is 0 Å². The molecule has 3 aromatic rings. The molecule has 2 aromatic heterocycles. The summed E-state index contributed by atoms with van der Waals surface area (Å²) in [5.41, 5.74) is 0.818. The number of hydrogen-bond donors (Lipinski definition) is 3. The first-order chi connectivity index (χ1) is 12.2. The van der Waals surface area contributed by atoms with Crippen molar-refractivity contribution in [1.29, 1.82) is 0 Å². The highest BCUT2D eigenvalue weighted by molar-refractivity contribution is 5.78. The van der Waals surface area contributed by atoms with Crippen molar-refractivity contribution in [1.82, 2.24) is 10.6 Å². The fourth-order valence-electron chi connectivity index (χ4n) is 2.97. The lowest BCUT2D eigenvalue weighted by Crippen LogP contribution is -2.40. The topological polar surface area (TPSA) is 87.6 Å². The highest BCUT2D eigenvalue weighted by atomic mass is 16.4. The summed E-state index contributed by atoms with van der Waals surface area (Å²) >= 11 is 0. The summed E-state index contributed by atoms with van der Waals surface area (Å²) < 4.78 is 11.0. The van der Waals surface area contributed by atoms with E-state index in [1.54, 1.807) is 12.1 Å². The highest BCUT2D eigenvalue weighted by Crippen LogP contribution is 2.42. The lowest BCUT2D eigenvalue weighted by molar-refractivity contribution is 0.147. The van der Waals surface area contributed by atoms with Gasteiger partial charge in [0.05, 0.1) is 18.8 Å². The molecular weight excluding hydrogens is 320 g/mol. The zero-order chi connectivity index (χ0) is 17.2. The van der Waals surface area contributed by atoms with Gasteiger partial charge < -0.3 is 24.6 Å². The van der Waals surface area contributed by atoms with Crippen LogP contribution in [0.1, 0.15) is 36.5 Å². The van der Waals surface area contributed by atoms with E-state index in [-0.39, 0.29) is 18.6 Å². The number of benzene rings is 1. The second-order valence-electron chi connectivity index (χ2n) is 6.39. The third kappa shape index (κ3) is 3.53. The lowest BCUT2D eigenvalue weighted by Gasteiger charge is -2.17. The van der Waals surface area contributed by atoms with Crippen LogP contribution in [-0.4, -0.2) is 17.7 Å². The minimum Gasteiger partial charge on any atom is -0.467 e. The summed E-state index contributed by atoms with van der Waals surface area (Å²) in [5, 5.41) is 16.7. The number of carbonyl (C=O) groups is 1.